The third-order valence-electron chi connectivity index (χ3n) is 2.61. The van der Waals surface area contributed by atoms with Gasteiger partial charge in [-0.2, -0.15) is 0 Å². The number of amides is 2. The molecule has 16 heavy (non-hydrogen) atoms. The minimum Gasteiger partial charge on any atom is -0.387 e. The molecule has 0 bridgehead atoms. The Morgan fingerprint density at radius 3 is 3.00 bits per heavy atom. The summed E-state index contributed by atoms with van der Waals surface area (Å²) in [5.74, 6) is -0.416. The number of rotatable bonds is 2. The van der Waals surface area contributed by atoms with Gasteiger partial charge in [-0.3, -0.25) is 9.59 Å². The second-order valence-electron chi connectivity index (χ2n) is 3.68. The van der Waals surface area contributed by atoms with Gasteiger partial charge in [0.2, 0.25) is 5.91 Å². The zero-order valence-electron chi connectivity index (χ0n) is 8.86. The summed E-state index contributed by atoms with van der Waals surface area (Å²) in [6.07, 6.45) is 0.338. The third kappa shape index (κ3) is 1.77. The van der Waals surface area contributed by atoms with Crippen molar-refractivity contribution in [3.8, 4) is 0 Å². The molecule has 0 aliphatic carbocycles. The molecule has 0 saturated heterocycles. The number of anilines is 2. The Labute approximate surface area is 92.7 Å². The van der Waals surface area contributed by atoms with Gasteiger partial charge >= 0.3 is 0 Å². The summed E-state index contributed by atoms with van der Waals surface area (Å²) < 4.78 is 0. The topological polar surface area (TPSA) is 69.6 Å². The highest BCUT2D eigenvalue weighted by Gasteiger charge is 2.19. The molecule has 2 N–H and O–H groups in total. The number of nitrogens with one attached hydrogen (secondary N) is 1. The first kappa shape index (κ1) is 10.6. The maximum Gasteiger partial charge on any atom is 0.252 e. The Morgan fingerprint density at radius 1 is 1.56 bits per heavy atom. The average Bonchev–Trinajstić information content (AvgIpc) is 2.65. The molecule has 0 atom stereocenters. The lowest BCUT2D eigenvalue weighted by molar-refractivity contribution is -0.121. The van der Waals surface area contributed by atoms with E-state index in [1.54, 1.807) is 25.2 Å². The van der Waals surface area contributed by atoms with Gasteiger partial charge in [0.1, 0.15) is 6.61 Å². The SMILES string of the molecule is CN(C(=O)CO)c1ccc2c(c1)CC(=O)N2. The van der Waals surface area contributed by atoms with Crippen LogP contribution in [-0.2, 0) is 16.0 Å². The Balaban J connectivity index is 2.29. The Kier molecular flexibility index (Phi) is 2.62. The van der Waals surface area contributed by atoms with Gasteiger partial charge in [0.15, 0.2) is 0 Å². The van der Waals surface area contributed by atoms with Crippen LogP contribution < -0.4 is 10.2 Å². The first-order valence-corrected chi connectivity index (χ1v) is 4.92. The highest BCUT2D eigenvalue weighted by molar-refractivity contribution is 6.00. The van der Waals surface area contributed by atoms with Crippen LogP contribution in [0.1, 0.15) is 5.56 Å². The van der Waals surface area contributed by atoms with Gasteiger partial charge in [-0.25, -0.2) is 0 Å². The molecule has 5 heteroatoms. The summed E-state index contributed by atoms with van der Waals surface area (Å²) in [6.45, 7) is -0.523. The predicted molar refractivity (Wildman–Crippen MR) is 59.3 cm³/mol. The number of hydrogen-bond acceptors (Lipinski definition) is 3. The lowest BCUT2D eigenvalue weighted by Crippen LogP contribution is -2.28. The second kappa shape index (κ2) is 3.94. The molecule has 0 spiro atoms. The zero-order valence-corrected chi connectivity index (χ0v) is 8.86. The van der Waals surface area contributed by atoms with Gasteiger partial charge in [0, 0.05) is 18.4 Å². The maximum atomic E-state index is 11.3. The minimum atomic E-state index is -0.523. The molecule has 1 aliphatic rings. The van der Waals surface area contributed by atoms with Crippen molar-refractivity contribution in [2.45, 2.75) is 6.42 Å². The molecule has 2 amide bonds. The van der Waals surface area contributed by atoms with Gasteiger partial charge in [-0.15, -0.1) is 0 Å². The standard InChI is InChI=1S/C11H12N2O3/c1-13(11(16)6-14)8-2-3-9-7(4-8)5-10(15)12-9/h2-4,14H,5-6H2,1H3,(H,12,15). The Bertz CT molecular complexity index is 457. The highest BCUT2D eigenvalue weighted by Crippen LogP contribution is 2.27. The van der Waals surface area contributed by atoms with Gasteiger partial charge in [-0.05, 0) is 23.8 Å². The van der Waals surface area contributed by atoms with Crippen LogP contribution in [0, 0.1) is 0 Å². The number of carbonyl (C=O) groups excluding carboxylic acids is 2. The zero-order chi connectivity index (χ0) is 11.7. The Morgan fingerprint density at radius 2 is 2.31 bits per heavy atom. The van der Waals surface area contributed by atoms with Crippen LogP contribution in [0.5, 0.6) is 0 Å². The van der Waals surface area contributed by atoms with Gasteiger partial charge < -0.3 is 15.3 Å². The van der Waals surface area contributed by atoms with Crippen molar-refractivity contribution in [3.05, 3.63) is 23.8 Å². The smallest absolute Gasteiger partial charge is 0.252 e. The molecular formula is C11H12N2O3. The molecule has 2 rings (SSSR count). The van der Waals surface area contributed by atoms with E-state index in [1.807, 2.05) is 0 Å². The lowest BCUT2D eigenvalue weighted by Gasteiger charge is -2.16. The van der Waals surface area contributed by atoms with E-state index in [-0.39, 0.29) is 11.8 Å². The number of nitrogens with zero attached hydrogens (tertiary/aromatic N) is 1. The summed E-state index contributed by atoms with van der Waals surface area (Å²) in [7, 11) is 1.59. The number of fused-ring (bicyclic) bond motifs is 1. The molecule has 0 aromatic heterocycles. The van der Waals surface area contributed by atoms with E-state index >= 15 is 0 Å². The van der Waals surface area contributed by atoms with E-state index < -0.39 is 6.61 Å². The van der Waals surface area contributed by atoms with Crippen molar-refractivity contribution in [3.63, 3.8) is 0 Å². The van der Waals surface area contributed by atoms with Gasteiger partial charge in [-0.1, -0.05) is 0 Å². The normalized spacial score (nSPS) is 13.2. The van der Waals surface area contributed by atoms with Crippen LogP contribution in [0.25, 0.3) is 0 Å². The monoisotopic (exact) mass is 220 g/mol. The molecule has 1 aromatic carbocycles. The van der Waals surface area contributed by atoms with Crippen LogP contribution in [0.2, 0.25) is 0 Å². The fourth-order valence-electron chi connectivity index (χ4n) is 1.67. The largest absolute Gasteiger partial charge is 0.387 e. The minimum absolute atomic E-state index is 0.0386. The fourth-order valence-corrected chi connectivity index (χ4v) is 1.67. The van der Waals surface area contributed by atoms with Crippen molar-refractivity contribution in [1.29, 1.82) is 0 Å². The van der Waals surface area contributed by atoms with E-state index in [0.29, 0.717) is 12.1 Å². The molecule has 1 heterocycles. The Hall–Kier alpha value is -1.88. The van der Waals surface area contributed by atoms with E-state index in [1.165, 1.54) is 4.90 Å². The lowest BCUT2D eigenvalue weighted by atomic mass is 10.1. The molecule has 1 aromatic rings. The molecule has 0 radical (unpaired) electrons. The summed E-state index contributed by atoms with van der Waals surface area (Å²) in [5.41, 5.74) is 2.34. The number of aliphatic hydroxyl groups excluding tert-OH is 1. The van der Waals surface area contributed by atoms with Gasteiger partial charge in [0.05, 0.1) is 6.42 Å². The number of hydrogen-bond donors (Lipinski definition) is 2. The van der Waals surface area contributed by atoms with Crippen LogP contribution in [0.15, 0.2) is 18.2 Å². The molecule has 0 unspecified atom stereocenters. The highest BCUT2D eigenvalue weighted by atomic mass is 16.3. The molecule has 5 nitrogen and oxygen atoms in total. The summed E-state index contributed by atoms with van der Waals surface area (Å²) in [6, 6.07) is 5.27. The number of benzene rings is 1. The van der Waals surface area contributed by atoms with Crippen molar-refractivity contribution in [1.82, 2.24) is 0 Å². The van der Waals surface area contributed by atoms with Crippen molar-refractivity contribution >= 4 is 23.2 Å². The third-order valence-corrected chi connectivity index (χ3v) is 2.61. The molecule has 0 saturated carbocycles. The van der Waals surface area contributed by atoms with Crippen LogP contribution in [0.3, 0.4) is 0 Å². The predicted octanol–water partition coefficient (Wildman–Crippen LogP) is 0.136. The first-order chi connectivity index (χ1) is 7.61. The van der Waals surface area contributed by atoms with E-state index in [0.717, 1.165) is 11.3 Å². The molecule has 1 aliphatic heterocycles. The quantitative estimate of drug-likeness (QED) is 0.744. The van der Waals surface area contributed by atoms with Crippen LogP contribution in [-0.4, -0.2) is 30.6 Å². The summed E-state index contributed by atoms with van der Waals surface area (Å²) >= 11 is 0. The average molecular weight is 220 g/mol. The van der Waals surface area contributed by atoms with Crippen LogP contribution in [0.4, 0.5) is 11.4 Å². The molecule has 84 valence electrons. The number of carbonyl (C=O) groups is 2. The number of aliphatic hydroxyl groups is 1. The molecule has 0 fully saturated rings. The first-order valence-electron chi connectivity index (χ1n) is 4.92. The summed E-state index contributed by atoms with van der Waals surface area (Å²) in [5, 5.41) is 11.5. The second-order valence-corrected chi connectivity index (χ2v) is 3.68. The van der Waals surface area contributed by atoms with E-state index in [4.69, 9.17) is 5.11 Å². The van der Waals surface area contributed by atoms with Crippen molar-refractivity contribution in [2.75, 3.05) is 23.9 Å². The van der Waals surface area contributed by atoms with Crippen molar-refractivity contribution in [2.24, 2.45) is 0 Å². The molecular weight excluding hydrogens is 208 g/mol. The van der Waals surface area contributed by atoms with Crippen LogP contribution >= 0.6 is 0 Å². The van der Waals surface area contributed by atoms with E-state index in [2.05, 4.69) is 5.32 Å². The number of likely N-dealkylation sites (N-methyl/N-ethyl adjacent to an activating group) is 1. The van der Waals surface area contributed by atoms with E-state index in [9.17, 15) is 9.59 Å². The summed E-state index contributed by atoms with van der Waals surface area (Å²) in [4.78, 5) is 23.8. The van der Waals surface area contributed by atoms with Crippen molar-refractivity contribution < 1.29 is 14.7 Å². The maximum absolute atomic E-state index is 11.3. The fraction of sp³-hybridized carbons (Fsp3) is 0.273. The van der Waals surface area contributed by atoms with Gasteiger partial charge in [0.25, 0.3) is 5.91 Å².